The summed E-state index contributed by atoms with van der Waals surface area (Å²) in [6.45, 7) is 1.63. The van der Waals surface area contributed by atoms with Crippen molar-refractivity contribution >= 4 is 17.9 Å². The normalized spacial score (nSPS) is 14.1. The largest absolute Gasteiger partial charge is 0.493 e. The van der Waals surface area contributed by atoms with Gasteiger partial charge in [0, 0.05) is 19.2 Å². The molecule has 0 spiro atoms. The van der Waals surface area contributed by atoms with Gasteiger partial charge in [0.25, 0.3) is 11.8 Å². The SMILES string of the molecule is COc1cc(C=CC(=O)N2CCC=CC2=O)cc(OC)c1OCCN(C)C. The Labute approximate surface area is 159 Å². The second-order valence-electron chi connectivity index (χ2n) is 6.26. The van der Waals surface area contributed by atoms with E-state index in [4.69, 9.17) is 14.2 Å². The first-order chi connectivity index (χ1) is 13.0. The van der Waals surface area contributed by atoms with Crippen LogP contribution in [-0.4, -0.2) is 69.6 Å². The Morgan fingerprint density at radius 3 is 2.44 bits per heavy atom. The Morgan fingerprint density at radius 1 is 1.22 bits per heavy atom. The monoisotopic (exact) mass is 374 g/mol. The molecule has 1 heterocycles. The average molecular weight is 374 g/mol. The van der Waals surface area contributed by atoms with Crippen LogP contribution in [-0.2, 0) is 9.59 Å². The van der Waals surface area contributed by atoms with Crippen molar-refractivity contribution in [2.75, 3.05) is 48.0 Å². The molecule has 7 heteroatoms. The van der Waals surface area contributed by atoms with Gasteiger partial charge in [-0.3, -0.25) is 14.5 Å². The third-order valence-corrected chi connectivity index (χ3v) is 4.00. The molecule has 27 heavy (non-hydrogen) atoms. The Hall–Kier alpha value is -2.80. The van der Waals surface area contributed by atoms with Crippen LogP contribution in [0.2, 0.25) is 0 Å². The van der Waals surface area contributed by atoms with Crippen molar-refractivity contribution in [3.05, 3.63) is 35.9 Å². The van der Waals surface area contributed by atoms with E-state index in [0.29, 0.717) is 42.4 Å². The van der Waals surface area contributed by atoms with E-state index in [9.17, 15) is 9.59 Å². The molecule has 0 aromatic heterocycles. The second-order valence-corrected chi connectivity index (χ2v) is 6.26. The average Bonchev–Trinajstić information content (AvgIpc) is 2.66. The molecule has 1 aliphatic heterocycles. The van der Waals surface area contributed by atoms with Gasteiger partial charge >= 0.3 is 0 Å². The third-order valence-electron chi connectivity index (χ3n) is 4.00. The van der Waals surface area contributed by atoms with Gasteiger partial charge in [0.1, 0.15) is 6.61 Å². The van der Waals surface area contributed by atoms with E-state index in [0.717, 1.165) is 6.54 Å². The molecule has 2 amide bonds. The standard InChI is InChI=1S/C20H26N2O5/c1-21(2)11-12-27-20-16(25-3)13-15(14-17(20)26-4)8-9-19(24)22-10-6-5-7-18(22)23/h5,7-9,13-14H,6,10-12H2,1-4H3. The predicted octanol–water partition coefficient (Wildman–Crippen LogP) is 1.97. The molecular weight excluding hydrogens is 348 g/mol. The summed E-state index contributed by atoms with van der Waals surface area (Å²) in [6.07, 6.45) is 6.86. The number of carbonyl (C=O) groups excluding carboxylic acids is 2. The van der Waals surface area contributed by atoms with Gasteiger partial charge in [-0.2, -0.15) is 0 Å². The van der Waals surface area contributed by atoms with Crippen LogP contribution in [0.1, 0.15) is 12.0 Å². The molecule has 7 nitrogen and oxygen atoms in total. The number of carbonyl (C=O) groups is 2. The molecule has 0 fully saturated rings. The smallest absolute Gasteiger partial charge is 0.253 e. The van der Waals surface area contributed by atoms with Crippen molar-refractivity contribution in [1.82, 2.24) is 9.80 Å². The van der Waals surface area contributed by atoms with Gasteiger partial charge in [0.15, 0.2) is 11.5 Å². The van der Waals surface area contributed by atoms with Crippen molar-refractivity contribution in [3.63, 3.8) is 0 Å². The van der Waals surface area contributed by atoms with E-state index in [1.807, 2.05) is 19.0 Å². The van der Waals surface area contributed by atoms with E-state index >= 15 is 0 Å². The summed E-state index contributed by atoms with van der Waals surface area (Å²) in [7, 11) is 7.02. The lowest BCUT2D eigenvalue weighted by Gasteiger charge is -2.19. The molecule has 0 bridgehead atoms. The van der Waals surface area contributed by atoms with E-state index in [1.165, 1.54) is 17.1 Å². The zero-order valence-electron chi connectivity index (χ0n) is 16.2. The summed E-state index contributed by atoms with van der Waals surface area (Å²) in [6, 6.07) is 3.52. The molecule has 1 aromatic rings. The minimum atomic E-state index is -0.353. The van der Waals surface area contributed by atoms with Gasteiger partial charge in [-0.1, -0.05) is 6.08 Å². The lowest BCUT2D eigenvalue weighted by Crippen LogP contribution is -2.37. The molecular formula is C20H26N2O5. The van der Waals surface area contributed by atoms with Gasteiger partial charge in [0.2, 0.25) is 5.75 Å². The molecule has 0 saturated carbocycles. The number of imide groups is 1. The maximum Gasteiger partial charge on any atom is 0.253 e. The highest BCUT2D eigenvalue weighted by Crippen LogP contribution is 2.38. The Bertz CT molecular complexity index is 715. The Morgan fingerprint density at radius 2 is 1.89 bits per heavy atom. The number of hydrogen-bond donors (Lipinski definition) is 0. The molecule has 1 aliphatic rings. The van der Waals surface area contributed by atoms with Crippen LogP contribution in [0.4, 0.5) is 0 Å². The highest BCUT2D eigenvalue weighted by atomic mass is 16.5. The van der Waals surface area contributed by atoms with Crippen molar-refractivity contribution in [2.24, 2.45) is 0 Å². The minimum Gasteiger partial charge on any atom is -0.493 e. The van der Waals surface area contributed by atoms with Gasteiger partial charge < -0.3 is 19.1 Å². The highest BCUT2D eigenvalue weighted by Gasteiger charge is 2.19. The van der Waals surface area contributed by atoms with Gasteiger partial charge in [0.05, 0.1) is 14.2 Å². The summed E-state index contributed by atoms with van der Waals surface area (Å²) in [5, 5.41) is 0. The predicted molar refractivity (Wildman–Crippen MR) is 103 cm³/mol. The van der Waals surface area contributed by atoms with E-state index in [1.54, 1.807) is 38.5 Å². The number of amides is 2. The minimum absolute atomic E-state index is 0.296. The van der Waals surface area contributed by atoms with Crippen LogP contribution in [0.15, 0.2) is 30.4 Å². The van der Waals surface area contributed by atoms with Gasteiger partial charge in [-0.15, -0.1) is 0 Å². The Balaban J connectivity index is 2.18. The van der Waals surface area contributed by atoms with Crippen LogP contribution in [0.25, 0.3) is 6.08 Å². The van der Waals surface area contributed by atoms with E-state index < -0.39 is 0 Å². The first-order valence-corrected chi connectivity index (χ1v) is 8.70. The quantitative estimate of drug-likeness (QED) is 0.648. The van der Waals surface area contributed by atoms with E-state index in [2.05, 4.69) is 0 Å². The van der Waals surface area contributed by atoms with Crippen molar-refractivity contribution in [3.8, 4) is 17.2 Å². The first kappa shape index (κ1) is 20.5. The number of benzene rings is 1. The maximum absolute atomic E-state index is 12.3. The number of nitrogens with zero attached hydrogens (tertiary/aromatic N) is 2. The summed E-state index contributed by atoms with van der Waals surface area (Å²) in [5.41, 5.74) is 0.706. The molecule has 0 unspecified atom stereocenters. The molecule has 0 aliphatic carbocycles. The van der Waals surface area contributed by atoms with Crippen LogP contribution in [0.3, 0.4) is 0 Å². The fourth-order valence-electron chi connectivity index (χ4n) is 2.53. The summed E-state index contributed by atoms with van der Waals surface area (Å²) < 4.78 is 16.6. The molecule has 0 radical (unpaired) electrons. The summed E-state index contributed by atoms with van der Waals surface area (Å²) >= 11 is 0. The zero-order chi connectivity index (χ0) is 19.8. The summed E-state index contributed by atoms with van der Waals surface area (Å²) in [4.78, 5) is 27.2. The third kappa shape index (κ3) is 5.59. The molecule has 0 atom stereocenters. The molecule has 2 rings (SSSR count). The summed E-state index contributed by atoms with van der Waals surface area (Å²) in [5.74, 6) is 0.889. The maximum atomic E-state index is 12.3. The lowest BCUT2D eigenvalue weighted by molar-refractivity contribution is -0.139. The van der Waals surface area contributed by atoms with Gasteiger partial charge in [-0.25, -0.2) is 0 Å². The number of ether oxygens (including phenoxy) is 3. The second kappa shape index (κ2) is 9.78. The molecule has 0 saturated heterocycles. The topological polar surface area (TPSA) is 68.3 Å². The van der Waals surface area contributed by atoms with Crippen molar-refractivity contribution in [2.45, 2.75) is 6.42 Å². The highest BCUT2D eigenvalue weighted by molar-refractivity contribution is 6.06. The van der Waals surface area contributed by atoms with Crippen LogP contribution < -0.4 is 14.2 Å². The van der Waals surface area contributed by atoms with Crippen molar-refractivity contribution < 1.29 is 23.8 Å². The number of rotatable bonds is 8. The van der Waals surface area contributed by atoms with E-state index in [-0.39, 0.29) is 11.8 Å². The molecule has 0 N–H and O–H groups in total. The van der Waals surface area contributed by atoms with Crippen LogP contribution in [0.5, 0.6) is 17.2 Å². The van der Waals surface area contributed by atoms with Crippen LogP contribution in [0, 0.1) is 0 Å². The first-order valence-electron chi connectivity index (χ1n) is 8.70. The number of methoxy groups -OCH3 is 2. The zero-order valence-corrected chi connectivity index (χ0v) is 16.2. The fraction of sp³-hybridized carbons (Fsp3) is 0.400. The van der Waals surface area contributed by atoms with Crippen molar-refractivity contribution in [1.29, 1.82) is 0 Å². The van der Waals surface area contributed by atoms with Gasteiger partial charge in [-0.05, 0) is 50.4 Å². The molecule has 146 valence electrons. The van der Waals surface area contributed by atoms with Crippen LogP contribution >= 0.6 is 0 Å². The lowest BCUT2D eigenvalue weighted by atomic mass is 10.1. The Kier molecular flexibility index (Phi) is 7.43. The molecule has 1 aromatic carbocycles. The fourth-order valence-corrected chi connectivity index (χ4v) is 2.53. The number of hydrogen-bond acceptors (Lipinski definition) is 6. The number of likely N-dealkylation sites (N-methyl/N-ethyl adjacent to an activating group) is 1.